The summed E-state index contributed by atoms with van der Waals surface area (Å²) in [6.45, 7) is 6.40. The number of nitrogens with zero attached hydrogens (tertiary/aromatic N) is 4. The van der Waals surface area contributed by atoms with Gasteiger partial charge in [-0.1, -0.05) is 60.3 Å². The van der Waals surface area contributed by atoms with E-state index in [9.17, 15) is 5.26 Å². The Hall–Kier alpha value is -3.56. The van der Waals surface area contributed by atoms with Crippen molar-refractivity contribution in [2.24, 2.45) is 0 Å². The third-order valence-electron chi connectivity index (χ3n) is 4.81. The molecule has 0 unspecified atom stereocenters. The van der Waals surface area contributed by atoms with E-state index in [1.54, 1.807) is 18.0 Å². The first-order valence-electron chi connectivity index (χ1n) is 9.51. The van der Waals surface area contributed by atoms with E-state index in [0.717, 1.165) is 39.2 Å². The Morgan fingerprint density at radius 2 is 1.90 bits per heavy atom. The lowest BCUT2D eigenvalue weighted by molar-refractivity contribution is 0.534. The van der Waals surface area contributed by atoms with Crippen LogP contribution in [-0.4, -0.2) is 14.8 Å². The van der Waals surface area contributed by atoms with Crippen LogP contribution in [0.4, 0.5) is 0 Å². The first-order valence-corrected chi connectivity index (χ1v) is 10.5. The van der Waals surface area contributed by atoms with Crippen LogP contribution in [0.3, 0.4) is 0 Å². The highest BCUT2D eigenvalue weighted by atomic mass is 32.2. The number of aromatic nitrogens is 3. The molecule has 0 N–H and O–H groups in total. The lowest BCUT2D eigenvalue weighted by Crippen LogP contribution is -2.00. The van der Waals surface area contributed by atoms with E-state index in [1.807, 2.05) is 47.9 Å². The minimum atomic E-state index is 0.624. The molecule has 0 saturated heterocycles. The van der Waals surface area contributed by atoms with Gasteiger partial charge in [-0.15, -0.1) is 16.8 Å². The molecule has 4 rings (SSSR count). The van der Waals surface area contributed by atoms with Crippen molar-refractivity contribution in [2.45, 2.75) is 24.4 Å². The molecule has 2 heterocycles. The number of thioether (sulfide) groups is 1. The largest absolute Gasteiger partial charge is 0.469 e. The van der Waals surface area contributed by atoms with Crippen molar-refractivity contribution in [1.29, 1.82) is 5.26 Å². The normalized spacial score (nSPS) is 10.7. The molecule has 30 heavy (non-hydrogen) atoms. The highest BCUT2D eigenvalue weighted by Gasteiger charge is 2.16. The number of hydrogen-bond donors (Lipinski definition) is 0. The maximum Gasteiger partial charge on any atom is 0.192 e. The van der Waals surface area contributed by atoms with Crippen molar-refractivity contribution < 1.29 is 4.42 Å². The molecule has 148 valence electrons. The molecule has 0 aliphatic carbocycles. The zero-order valence-electron chi connectivity index (χ0n) is 16.6. The number of benzene rings is 2. The number of aryl methyl sites for hydroxylation is 1. The van der Waals surface area contributed by atoms with Gasteiger partial charge in [-0.25, -0.2) is 0 Å². The molecule has 5 nitrogen and oxygen atoms in total. The number of furan rings is 1. The van der Waals surface area contributed by atoms with E-state index in [1.165, 1.54) is 5.56 Å². The van der Waals surface area contributed by atoms with Gasteiger partial charge in [0.1, 0.15) is 5.76 Å². The van der Waals surface area contributed by atoms with Gasteiger partial charge in [0.2, 0.25) is 0 Å². The van der Waals surface area contributed by atoms with Crippen LogP contribution in [0.15, 0.2) is 83.1 Å². The molecule has 0 bridgehead atoms. The topological polar surface area (TPSA) is 67.6 Å². The standard InChI is InChI=1S/C24H20N4OS/c1-3-13-28-23(21-12-14-29-17(21)2)26-27-24(28)30-16-18-8-10-19(11-9-18)22-7-5-4-6-20(22)15-25/h3-12,14H,1,13,16H2,2H3. The summed E-state index contributed by atoms with van der Waals surface area (Å²) < 4.78 is 7.47. The predicted octanol–water partition coefficient (Wildman–Crippen LogP) is 5.86. The minimum Gasteiger partial charge on any atom is -0.469 e. The van der Waals surface area contributed by atoms with Crippen molar-refractivity contribution in [3.8, 4) is 28.6 Å². The zero-order chi connectivity index (χ0) is 20.9. The third kappa shape index (κ3) is 3.93. The lowest BCUT2D eigenvalue weighted by Gasteiger charge is -2.08. The van der Waals surface area contributed by atoms with E-state index in [2.05, 4.69) is 47.1 Å². The van der Waals surface area contributed by atoms with Crippen LogP contribution < -0.4 is 0 Å². The van der Waals surface area contributed by atoms with Crippen LogP contribution >= 0.6 is 11.8 Å². The Labute approximate surface area is 179 Å². The minimum absolute atomic E-state index is 0.624. The molecular formula is C24H20N4OS. The summed E-state index contributed by atoms with van der Waals surface area (Å²) in [6, 6.07) is 20.1. The van der Waals surface area contributed by atoms with Gasteiger partial charge in [-0.05, 0) is 35.7 Å². The molecule has 0 atom stereocenters. The first kappa shape index (κ1) is 19.7. The number of nitriles is 1. The fourth-order valence-corrected chi connectivity index (χ4v) is 4.17. The molecule has 2 aromatic heterocycles. The van der Waals surface area contributed by atoms with Crippen molar-refractivity contribution in [3.63, 3.8) is 0 Å². The van der Waals surface area contributed by atoms with Crippen molar-refractivity contribution in [3.05, 3.63) is 90.4 Å². The summed E-state index contributed by atoms with van der Waals surface area (Å²) >= 11 is 1.63. The number of rotatable bonds is 7. The van der Waals surface area contributed by atoms with Gasteiger partial charge < -0.3 is 4.42 Å². The summed E-state index contributed by atoms with van der Waals surface area (Å²) in [5.74, 6) is 2.37. The smallest absolute Gasteiger partial charge is 0.192 e. The van der Waals surface area contributed by atoms with Gasteiger partial charge in [0.25, 0.3) is 0 Å². The maximum atomic E-state index is 9.32. The molecule has 0 amide bonds. The molecule has 0 aliphatic heterocycles. The molecule has 0 aliphatic rings. The van der Waals surface area contributed by atoms with Gasteiger partial charge >= 0.3 is 0 Å². The Morgan fingerprint density at radius 3 is 2.60 bits per heavy atom. The Balaban J connectivity index is 1.53. The Kier molecular flexibility index (Phi) is 5.82. The Morgan fingerprint density at radius 1 is 1.10 bits per heavy atom. The molecule has 0 saturated carbocycles. The quantitative estimate of drug-likeness (QED) is 0.281. The fourth-order valence-electron chi connectivity index (χ4n) is 3.27. The van der Waals surface area contributed by atoms with E-state index in [4.69, 9.17) is 4.42 Å². The van der Waals surface area contributed by atoms with Crippen LogP contribution in [0.2, 0.25) is 0 Å². The second kappa shape index (κ2) is 8.85. The predicted molar refractivity (Wildman–Crippen MR) is 119 cm³/mol. The zero-order valence-corrected chi connectivity index (χ0v) is 17.4. The highest BCUT2D eigenvalue weighted by molar-refractivity contribution is 7.98. The molecular weight excluding hydrogens is 392 g/mol. The average Bonchev–Trinajstić information content (AvgIpc) is 3.38. The molecule has 0 spiro atoms. The van der Waals surface area contributed by atoms with Gasteiger partial charge in [0.15, 0.2) is 11.0 Å². The molecule has 0 radical (unpaired) electrons. The fraction of sp³-hybridized carbons (Fsp3) is 0.125. The van der Waals surface area contributed by atoms with Gasteiger partial charge in [0, 0.05) is 12.3 Å². The summed E-state index contributed by atoms with van der Waals surface area (Å²) in [4.78, 5) is 0. The Bertz CT molecular complexity index is 1210. The van der Waals surface area contributed by atoms with Crippen molar-refractivity contribution >= 4 is 11.8 Å². The van der Waals surface area contributed by atoms with Crippen LogP contribution in [0.1, 0.15) is 16.9 Å². The van der Waals surface area contributed by atoms with E-state index in [0.29, 0.717) is 12.1 Å². The maximum absolute atomic E-state index is 9.32. The van der Waals surface area contributed by atoms with Crippen LogP contribution in [0.25, 0.3) is 22.5 Å². The third-order valence-corrected chi connectivity index (χ3v) is 5.85. The SMILES string of the molecule is C=CCn1c(SCc2ccc(-c3ccccc3C#N)cc2)nnc1-c1ccoc1C. The summed E-state index contributed by atoms with van der Waals surface area (Å²) in [6.07, 6.45) is 3.50. The van der Waals surface area contributed by atoms with E-state index < -0.39 is 0 Å². The van der Waals surface area contributed by atoms with Crippen LogP contribution in [-0.2, 0) is 12.3 Å². The molecule has 0 fully saturated rings. The van der Waals surface area contributed by atoms with E-state index in [-0.39, 0.29) is 0 Å². The molecule has 4 aromatic rings. The molecule has 6 heteroatoms. The van der Waals surface area contributed by atoms with Gasteiger partial charge in [0.05, 0.1) is 23.5 Å². The van der Waals surface area contributed by atoms with Gasteiger partial charge in [-0.3, -0.25) is 4.57 Å². The lowest BCUT2D eigenvalue weighted by atomic mass is 10.00. The monoisotopic (exact) mass is 412 g/mol. The summed E-state index contributed by atoms with van der Waals surface area (Å²) in [5.41, 5.74) is 4.78. The van der Waals surface area contributed by atoms with E-state index >= 15 is 0 Å². The number of allylic oxidation sites excluding steroid dienone is 1. The second-order valence-electron chi connectivity index (χ2n) is 6.74. The highest BCUT2D eigenvalue weighted by Crippen LogP contribution is 2.30. The number of hydrogen-bond acceptors (Lipinski definition) is 5. The van der Waals surface area contributed by atoms with Crippen LogP contribution in [0, 0.1) is 18.3 Å². The summed E-state index contributed by atoms with van der Waals surface area (Å²) in [5, 5.41) is 18.9. The van der Waals surface area contributed by atoms with Crippen molar-refractivity contribution in [2.75, 3.05) is 0 Å². The van der Waals surface area contributed by atoms with Gasteiger partial charge in [-0.2, -0.15) is 5.26 Å². The first-order chi connectivity index (χ1) is 14.7. The average molecular weight is 413 g/mol. The molecule has 2 aromatic carbocycles. The second-order valence-corrected chi connectivity index (χ2v) is 7.68. The van der Waals surface area contributed by atoms with Crippen molar-refractivity contribution in [1.82, 2.24) is 14.8 Å². The summed E-state index contributed by atoms with van der Waals surface area (Å²) in [7, 11) is 0. The van der Waals surface area contributed by atoms with Crippen LogP contribution in [0.5, 0.6) is 0 Å².